The topological polar surface area (TPSA) is 90.9 Å². The van der Waals surface area contributed by atoms with Crippen LogP contribution in [0, 0.1) is 0 Å². The number of amides is 1. The summed E-state index contributed by atoms with van der Waals surface area (Å²) < 4.78 is 14.8. The van der Waals surface area contributed by atoms with E-state index in [0.717, 1.165) is 12.8 Å². The molecule has 1 heterocycles. The number of rotatable bonds is 6. The zero-order valence-corrected chi connectivity index (χ0v) is 11.8. The molecule has 20 heavy (non-hydrogen) atoms. The van der Waals surface area contributed by atoms with Crippen LogP contribution in [0.4, 0.5) is 0 Å². The highest BCUT2D eigenvalue weighted by Gasteiger charge is 2.34. The molecule has 1 aliphatic heterocycles. The van der Waals surface area contributed by atoms with Gasteiger partial charge in [0.15, 0.2) is 0 Å². The molecule has 0 aromatic heterocycles. The van der Waals surface area contributed by atoms with Gasteiger partial charge in [0.2, 0.25) is 11.9 Å². The van der Waals surface area contributed by atoms with Crippen molar-refractivity contribution in [2.75, 3.05) is 19.8 Å². The van der Waals surface area contributed by atoms with Crippen LogP contribution >= 0.6 is 0 Å². The third kappa shape index (κ3) is 4.80. The average Bonchev–Trinajstić information content (AvgIpc) is 2.45. The van der Waals surface area contributed by atoms with Crippen LogP contribution in [0.1, 0.15) is 33.1 Å². The van der Waals surface area contributed by atoms with E-state index in [1.165, 1.54) is 0 Å². The third-order valence-corrected chi connectivity index (χ3v) is 2.80. The number of hydrogen-bond acceptors (Lipinski definition) is 6. The summed E-state index contributed by atoms with van der Waals surface area (Å²) in [4.78, 5) is 35.4. The molecule has 1 N–H and O–H groups in total. The van der Waals surface area contributed by atoms with Crippen LogP contribution in [0.3, 0.4) is 0 Å². The van der Waals surface area contributed by atoms with Gasteiger partial charge in [0.05, 0.1) is 13.2 Å². The predicted molar refractivity (Wildman–Crippen MR) is 68.8 cm³/mol. The maximum Gasteiger partial charge on any atom is 0.340 e. The molecule has 1 rings (SSSR count). The largest absolute Gasteiger partial charge is 0.464 e. The monoisotopic (exact) mass is 287 g/mol. The number of hydrogen-bond donors (Lipinski definition) is 1. The second-order valence-electron chi connectivity index (χ2n) is 4.30. The highest BCUT2D eigenvalue weighted by atomic mass is 16.6. The first-order valence-electron chi connectivity index (χ1n) is 6.85. The number of carbonyl (C=O) groups is 3. The lowest BCUT2D eigenvalue weighted by Gasteiger charge is -2.23. The molecule has 0 aromatic carbocycles. The van der Waals surface area contributed by atoms with Crippen molar-refractivity contribution in [3.63, 3.8) is 0 Å². The highest BCUT2D eigenvalue weighted by molar-refractivity contribution is 6.02. The molecule has 0 aromatic rings. The first-order valence-corrected chi connectivity index (χ1v) is 6.85. The second-order valence-corrected chi connectivity index (χ2v) is 4.30. The smallest absolute Gasteiger partial charge is 0.340 e. The molecule has 1 saturated heterocycles. The molecule has 0 saturated carbocycles. The van der Waals surface area contributed by atoms with Crippen molar-refractivity contribution in [3.8, 4) is 0 Å². The van der Waals surface area contributed by atoms with E-state index in [1.54, 1.807) is 13.8 Å². The van der Waals surface area contributed by atoms with E-state index in [2.05, 4.69) is 5.32 Å². The van der Waals surface area contributed by atoms with Gasteiger partial charge in [-0.2, -0.15) is 0 Å². The Labute approximate surface area is 117 Å². The Morgan fingerprint density at radius 2 is 1.75 bits per heavy atom. The summed E-state index contributed by atoms with van der Waals surface area (Å²) >= 11 is 0. The summed E-state index contributed by atoms with van der Waals surface area (Å²) in [6.07, 6.45) is 1.73. The number of carbonyl (C=O) groups excluding carboxylic acids is 3. The Morgan fingerprint density at radius 3 is 2.20 bits per heavy atom. The van der Waals surface area contributed by atoms with Crippen LogP contribution in [-0.4, -0.2) is 49.8 Å². The molecule has 0 bridgehead atoms. The molecule has 7 nitrogen and oxygen atoms in total. The fraction of sp³-hybridized carbons (Fsp3) is 0.769. The Balaban J connectivity index is 2.64. The van der Waals surface area contributed by atoms with Crippen LogP contribution < -0.4 is 5.32 Å². The van der Waals surface area contributed by atoms with Gasteiger partial charge in [-0.3, -0.25) is 4.79 Å². The maximum absolute atomic E-state index is 12.0. The van der Waals surface area contributed by atoms with Gasteiger partial charge < -0.3 is 19.5 Å². The molecule has 7 heteroatoms. The van der Waals surface area contributed by atoms with E-state index in [4.69, 9.17) is 14.2 Å². The molecule has 0 radical (unpaired) electrons. The van der Waals surface area contributed by atoms with Gasteiger partial charge in [0, 0.05) is 6.61 Å². The van der Waals surface area contributed by atoms with E-state index in [-0.39, 0.29) is 13.2 Å². The molecule has 1 aliphatic rings. The summed E-state index contributed by atoms with van der Waals surface area (Å²) in [6.45, 7) is 3.97. The highest BCUT2D eigenvalue weighted by Crippen LogP contribution is 2.13. The first kappa shape index (κ1) is 16.4. The van der Waals surface area contributed by atoms with Crippen molar-refractivity contribution in [2.45, 2.75) is 45.3 Å². The van der Waals surface area contributed by atoms with E-state index in [1.807, 2.05) is 0 Å². The van der Waals surface area contributed by atoms with Gasteiger partial charge in [-0.05, 0) is 33.1 Å². The van der Waals surface area contributed by atoms with E-state index in [0.29, 0.717) is 13.0 Å². The molecule has 1 fully saturated rings. The third-order valence-electron chi connectivity index (χ3n) is 2.80. The zero-order chi connectivity index (χ0) is 15.0. The van der Waals surface area contributed by atoms with Crippen molar-refractivity contribution in [2.24, 2.45) is 0 Å². The van der Waals surface area contributed by atoms with Crippen molar-refractivity contribution in [3.05, 3.63) is 0 Å². The van der Waals surface area contributed by atoms with Gasteiger partial charge in [-0.25, -0.2) is 9.59 Å². The van der Waals surface area contributed by atoms with Crippen molar-refractivity contribution in [1.29, 1.82) is 0 Å². The van der Waals surface area contributed by atoms with Crippen LogP contribution in [0.5, 0.6) is 0 Å². The van der Waals surface area contributed by atoms with Gasteiger partial charge >= 0.3 is 11.9 Å². The number of ether oxygens (including phenoxy) is 3. The standard InChI is InChI=1S/C13H21NO6/c1-3-18-12(16)10(13(17)19-4-2)14-11(15)9-7-5-6-8-20-9/h9-10H,3-8H2,1-2H3,(H,14,15). The molecule has 1 atom stereocenters. The second kappa shape index (κ2) is 8.52. The summed E-state index contributed by atoms with van der Waals surface area (Å²) in [5.41, 5.74) is 0. The lowest BCUT2D eigenvalue weighted by atomic mass is 10.1. The quantitative estimate of drug-likeness (QED) is 0.553. The zero-order valence-electron chi connectivity index (χ0n) is 11.8. The van der Waals surface area contributed by atoms with E-state index < -0.39 is 30.0 Å². The minimum atomic E-state index is -1.44. The van der Waals surface area contributed by atoms with Gasteiger partial charge in [0.1, 0.15) is 6.10 Å². The summed E-state index contributed by atoms with van der Waals surface area (Å²) in [6, 6.07) is -1.44. The van der Waals surface area contributed by atoms with Crippen molar-refractivity contribution < 1.29 is 28.6 Å². The average molecular weight is 287 g/mol. The predicted octanol–water partition coefficient (Wildman–Crippen LogP) is 0.167. The molecule has 114 valence electrons. The van der Waals surface area contributed by atoms with E-state index >= 15 is 0 Å². The van der Waals surface area contributed by atoms with Crippen molar-refractivity contribution in [1.82, 2.24) is 5.32 Å². The minimum Gasteiger partial charge on any atom is -0.464 e. The fourth-order valence-electron chi connectivity index (χ4n) is 1.85. The van der Waals surface area contributed by atoms with Crippen LogP contribution in [0.2, 0.25) is 0 Å². The normalized spacial score (nSPS) is 18.4. The van der Waals surface area contributed by atoms with Crippen LogP contribution in [0.15, 0.2) is 0 Å². The van der Waals surface area contributed by atoms with Gasteiger partial charge in [-0.1, -0.05) is 0 Å². The lowest BCUT2D eigenvalue weighted by Crippen LogP contribution is -2.52. The first-order chi connectivity index (χ1) is 9.60. The Morgan fingerprint density at radius 1 is 1.15 bits per heavy atom. The summed E-state index contributed by atoms with van der Waals surface area (Å²) in [5, 5.41) is 2.34. The molecular formula is C13H21NO6. The lowest BCUT2D eigenvalue weighted by molar-refractivity contribution is -0.161. The van der Waals surface area contributed by atoms with E-state index in [9.17, 15) is 14.4 Å². The van der Waals surface area contributed by atoms with Crippen LogP contribution in [-0.2, 0) is 28.6 Å². The molecule has 1 amide bonds. The maximum atomic E-state index is 12.0. The molecule has 0 aliphatic carbocycles. The Hall–Kier alpha value is -1.63. The van der Waals surface area contributed by atoms with Crippen molar-refractivity contribution >= 4 is 17.8 Å². The molecule has 1 unspecified atom stereocenters. The minimum absolute atomic E-state index is 0.116. The summed E-state index contributed by atoms with van der Waals surface area (Å²) in [5.74, 6) is -2.14. The van der Waals surface area contributed by atoms with Gasteiger partial charge in [0.25, 0.3) is 0 Å². The Bertz CT molecular complexity index is 333. The van der Waals surface area contributed by atoms with Crippen LogP contribution in [0.25, 0.3) is 0 Å². The summed E-state index contributed by atoms with van der Waals surface area (Å²) in [7, 11) is 0. The fourth-order valence-corrected chi connectivity index (χ4v) is 1.85. The number of esters is 2. The molecular weight excluding hydrogens is 266 g/mol. The SMILES string of the molecule is CCOC(=O)C(NC(=O)C1CCCCO1)C(=O)OCC. The number of nitrogens with one attached hydrogen (secondary N) is 1. The molecule has 0 spiro atoms. The Kier molecular flexibility index (Phi) is 7.00. The van der Waals surface area contributed by atoms with Gasteiger partial charge in [-0.15, -0.1) is 0 Å².